The van der Waals surface area contributed by atoms with E-state index in [1.54, 1.807) is 0 Å². The van der Waals surface area contributed by atoms with E-state index in [9.17, 15) is 4.79 Å². The Bertz CT molecular complexity index is 305. The molecule has 1 fully saturated rings. The standard InChI is InChI=1S/C17H35N3O3/c1-4-18-16-5-8-20(9-6-16)10-12-23-14-13-22-11-7-19-17(21)15(2)3/h15-16,18H,4-14H2,1-3H3,(H,19,21). The first kappa shape index (κ1) is 20.4. The maximum atomic E-state index is 11.3. The fourth-order valence-electron chi connectivity index (χ4n) is 2.62. The highest BCUT2D eigenvalue weighted by atomic mass is 16.5. The largest absolute Gasteiger partial charge is 0.378 e. The maximum absolute atomic E-state index is 11.3. The molecule has 136 valence electrons. The average molecular weight is 329 g/mol. The van der Waals surface area contributed by atoms with Crippen LogP contribution in [0.15, 0.2) is 0 Å². The highest BCUT2D eigenvalue weighted by Gasteiger charge is 2.17. The Morgan fingerprint density at radius 3 is 2.39 bits per heavy atom. The number of hydrogen-bond donors (Lipinski definition) is 2. The Labute approximate surface area is 141 Å². The van der Waals surface area contributed by atoms with Crippen molar-refractivity contribution in [3.63, 3.8) is 0 Å². The van der Waals surface area contributed by atoms with Gasteiger partial charge in [0.15, 0.2) is 0 Å². The molecule has 0 bridgehead atoms. The molecule has 1 aliphatic rings. The first-order valence-electron chi connectivity index (χ1n) is 9.02. The van der Waals surface area contributed by atoms with Crippen LogP contribution in [-0.4, -0.2) is 76.0 Å². The summed E-state index contributed by atoms with van der Waals surface area (Å²) in [7, 11) is 0. The third kappa shape index (κ3) is 9.91. The molecule has 0 unspecified atom stereocenters. The van der Waals surface area contributed by atoms with Gasteiger partial charge in [-0.05, 0) is 32.5 Å². The number of nitrogens with one attached hydrogen (secondary N) is 2. The van der Waals surface area contributed by atoms with Gasteiger partial charge in [0.25, 0.3) is 0 Å². The third-order valence-corrected chi connectivity index (χ3v) is 4.07. The summed E-state index contributed by atoms with van der Waals surface area (Å²) in [6.45, 7) is 13.4. The van der Waals surface area contributed by atoms with Gasteiger partial charge in [0.05, 0.1) is 26.4 Å². The molecule has 0 aromatic rings. The number of nitrogens with zero attached hydrogens (tertiary/aromatic N) is 1. The van der Waals surface area contributed by atoms with Crippen molar-refractivity contribution in [2.45, 2.75) is 39.7 Å². The van der Waals surface area contributed by atoms with Crippen LogP contribution in [0.4, 0.5) is 0 Å². The first-order valence-corrected chi connectivity index (χ1v) is 9.02. The van der Waals surface area contributed by atoms with Gasteiger partial charge in [-0.15, -0.1) is 0 Å². The third-order valence-electron chi connectivity index (χ3n) is 4.07. The molecule has 0 spiro atoms. The summed E-state index contributed by atoms with van der Waals surface area (Å²) in [6, 6.07) is 0.696. The molecule has 1 saturated heterocycles. The summed E-state index contributed by atoms with van der Waals surface area (Å²) in [5.41, 5.74) is 0. The Kier molecular flexibility index (Phi) is 11.2. The Morgan fingerprint density at radius 2 is 1.78 bits per heavy atom. The van der Waals surface area contributed by atoms with E-state index >= 15 is 0 Å². The van der Waals surface area contributed by atoms with Gasteiger partial charge in [-0.2, -0.15) is 0 Å². The molecule has 0 saturated carbocycles. The summed E-state index contributed by atoms with van der Waals surface area (Å²) < 4.78 is 11.0. The molecule has 6 heteroatoms. The Morgan fingerprint density at radius 1 is 1.13 bits per heavy atom. The van der Waals surface area contributed by atoms with Crippen molar-refractivity contribution >= 4 is 5.91 Å². The minimum absolute atomic E-state index is 0.0288. The van der Waals surface area contributed by atoms with Crippen LogP contribution in [0.25, 0.3) is 0 Å². The van der Waals surface area contributed by atoms with Crippen LogP contribution in [0.5, 0.6) is 0 Å². The van der Waals surface area contributed by atoms with E-state index in [2.05, 4.69) is 22.5 Å². The highest BCUT2D eigenvalue weighted by Crippen LogP contribution is 2.09. The number of rotatable bonds is 12. The average Bonchev–Trinajstić information content (AvgIpc) is 2.54. The summed E-state index contributed by atoms with van der Waals surface area (Å²) >= 11 is 0. The molecule has 0 aromatic heterocycles. The van der Waals surface area contributed by atoms with E-state index in [1.807, 2.05) is 13.8 Å². The number of ether oxygens (including phenoxy) is 2. The Hall–Kier alpha value is -0.690. The van der Waals surface area contributed by atoms with Gasteiger partial charge < -0.3 is 25.0 Å². The molecule has 0 radical (unpaired) electrons. The van der Waals surface area contributed by atoms with E-state index < -0.39 is 0 Å². The topological polar surface area (TPSA) is 62.8 Å². The smallest absolute Gasteiger partial charge is 0.222 e. The van der Waals surface area contributed by atoms with Crippen molar-refractivity contribution in [1.29, 1.82) is 0 Å². The lowest BCUT2D eigenvalue weighted by Gasteiger charge is -2.32. The zero-order valence-corrected chi connectivity index (χ0v) is 15.1. The molecule has 0 atom stereocenters. The van der Waals surface area contributed by atoms with Crippen molar-refractivity contribution in [3.05, 3.63) is 0 Å². The minimum Gasteiger partial charge on any atom is -0.378 e. The van der Waals surface area contributed by atoms with E-state index in [0.29, 0.717) is 32.4 Å². The van der Waals surface area contributed by atoms with E-state index in [1.165, 1.54) is 12.8 Å². The second kappa shape index (κ2) is 12.7. The molecule has 6 nitrogen and oxygen atoms in total. The predicted molar refractivity (Wildman–Crippen MR) is 92.6 cm³/mol. The molecule has 1 aliphatic heterocycles. The molecule has 0 aromatic carbocycles. The molecular formula is C17H35N3O3. The highest BCUT2D eigenvalue weighted by molar-refractivity contribution is 5.77. The van der Waals surface area contributed by atoms with Crippen LogP contribution in [0.2, 0.25) is 0 Å². The molecule has 1 amide bonds. The number of likely N-dealkylation sites (tertiary alicyclic amines) is 1. The van der Waals surface area contributed by atoms with E-state index in [0.717, 1.165) is 32.8 Å². The summed E-state index contributed by atoms with van der Waals surface area (Å²) in [5, 5.41) is 6.34. The van der Waals surface area contributed by atoms with Gasteiger partial charge >= 0.3 is 0 Å². The number of hydrogen-bond acceptors (Lipinski definition) is 5. The van der Waals surface area contributed by atoms with Crippen molar-refractivity contribution in [3.8, 4) is 0 Å². The van der Waals surface area contributed by atoms with Crippen LogP contribution in [-0.2, 0) is 14.3 Å². The fourth-order valence-corrected chi connectivity index (χ4v) is 2.62. The molecule has 1 rings (SSSR count). The normalized spacial score (nSPS) is 16.9. The molecular weight excluding hydrogens is 294 g/mol. The van der Waals surface area contributed by atoms with Gasteiger partial charge in [-0.3, -0.25) is 4.79 Å². The second-order valence-corrected chi connectivity index (χ2v) is 6.34. The van der Waals surface area contributed by atoms with Crippen LogP contribution >= 0.6 is 0 Å². The molecule has 2 N–H and O–H groups in total. The van der Waals surface area contributed by atoms with Crippen molar-refractivity contribution in [1.82, 2.24) is 15.5 Å². The van der Waals surface area contributed by atoms with Gasteiger partial charge in [-0.1, -0.05) is 20.8 Å². The quantitative estimate of drug-likeness (QED) is 0.520. The summed E-state index contributed by atoms with van der Waals surface area (Å²) in [4.78, 5) is 13.8. The van der Waals surface area contributed by atoms with Crippen LogP contribution in [0.1, 0.15) is 33.6 Å². The van der Waals surface area contributed by atoms with E-state index in [-0.39, 0.29) is 11.8 Å². The van der Waals surface area contributed by atoms with Crippen molar-refractivity contribution < 1.29 is 14.3 Å². The number of carbonyl (C=O) groups excluding carboxylic acids is 1. The molecule has 23 heavy (non-hydrogen) atoms. The maximum Gasteiger partial charge on any atom is 0.222 e. The predicted octanol–water partition coefficient (Wildman–Crippen LogP) is 0.866. The number of amides is 1. The van der Waals surface area contributed by atoms with Crippen molar-refractivity contribution in [2.24, 2.45) is 5.92 Å². The van der Waals surface area contributed by atoms with Crippen LogP contribution in [0.3, 0.4) is 0 Å². The SMILES string of the molecule is CCNC1CCN(CCOCCOCCNC(=O)C(C)C)CC1. The van der Waals surface area contributed by atoms with Crippen LogP contribution in [0, 0.1) is 5.92 Å². The van der Waals surface area contributed by atoms with E-state index in [4.69, 9.17) is 9.47 Å². The lowest BCUT2D eigenvalue weighted by molar-refractivity contribution is -0.124. The zero-order chi connectivity index (χ0) is 16.9. The minimum atomic E-state index is 0.0288. The lowest BCUT2D eigenvalue weighted by Crippen LogP contribution is -2.43. The number of carbonyl (C=O) groups is 1. The van der Waals surface area contributed by atoms with Gasteiger partial charge in [-0.25, -0.2) is 0 Å². The lowest BCUT2D eigenvalue weighted by atomic mass is 10.1. The van der Waals surface area contributed by atoms with Crippen molar-refractivity contribution in [2.75, 3.05) is 59.2 Å². The zero-order valence-electron chi connectivity index (χ0n) is 15.1. The summed E-state index contributed by atoms with van der Waals surface area (Å²) in [6.07, 6.45) is 2.47. The first-order chi connectivity index (χ1) is 11.1. The number of piperidine rings is 1. The van der Waals surface area contributed by atoms with Gasteiger partial charge in [0.1, 0.15) is 0 Å². The van der Waals surface area contributed by atoms with Crippen LogP contribution < -0.4 is 10.6 Å². The van der Waals surface area contributed by atoms with Gasteiger partial charge in [0, 0.05) is 25.0 Å². The Balaban J connectivity index is 1.84. The fraction of sp³-hybridized carbons (Fsp3) is 0.941. The molecule has 0 aliphatic carbocycles. The monoisotopic (exact) mass is 329 g/mol. The van der Waals surface area contributed by atoms with Gasteiger partial charge in [0.2, 0.25) is 5.91 Å². The second-order valence-electron chi connectivity index (χ2n) is 6.34. The molecule has 1 heterocycles. The summed E-state index contributed by atoms with van der Waals surface area (Å²) in [5.74, 6) is 0.101.